The minimum Gasteiger partial charge on any atom is -0.393 e. The average Bonchev–Trinajstić information content (AvgIpc) is 2.81. The van der Waals surface area contributed by atoms with Gasteiger partial charge in [-0.3, -0.25) is 0 Å². The number of aliphatic hydroxyl groups excluding tert-OH is 2. The van der Waals surface area contributed by atoms with Crippen molar-refractivity contribution in [3.8, 4) is 0 Å². The van der Waals surface area contributed by atoms with Gasteiger partial charge in [-0.2, -0.15) is 0 Å². The van der Waals surface area contributed by atoms with Crippen LogP contribution in [0.5, 0.6) is 0 Å². The molecule has 0 unspecified atom stereocenters. The van der Waals surface area contributed by atoms with Crippen molar-refractivity contribution in [1.29, 1.82) is 0 Å². The highest BCUT2D eigenvalue weighted by atomic mass is 16.3. The number of hydrogen-bond donors (Lipinski definition) is 3. The molecule has 0 spiro atoms. The predicted octanol–water partition coefficient (Wildman–Crippen LogP) is 3.50. The Morgan fingerprint density at radius 3 is 2.33 bits per heavy atom. The van der Waals surface area contributed by atoms with Gasteiger partial charge in [0, 0.05) is 5.41 Å². The lowest BCUT2D eigenvalue weighted by Gasteiger charge is -2.61. The molecule has 0 heterocycles. The van der Waals surface area contributed by atoms with Crippen LogP contribution in [-0.4, -0.2) is 33.1 Å². The van der Waals surface area contributed by atoms with E-state index in [-0.39, 0.29) is 11.5 Å². The van der Waals surface area contributed by atoms with Crippen LogP contribution in [0.3, 0.4) is 0 Å². The molecule has 0 aromatic carbocycles. The second-order valence-corrected chi connectivity index (χ2v) is 10.2. The molecule has 0 aromatic heterocycles. The van der Waals surface area contributed by atoms with Gasteiger partial charge >= 0.3 is 0 Å². The smallest absolute Gasteiger partial charge is 0.0958 e. The van der Waals surface area contributed by atoms with Gasteiger partial charge in [-0.25, -0.2) is 0 Å². The minimum atomic E-state index is -0.900. The topological polar surface area (TPSA) is 60.7 Å². The largest absolute Gasteiger partial charge is 0.393 e. The molecule has 0 aromatic rings. The fraction of sp³-hybridized carbons (Fsp3) is 1.00. The second kappa shape index (κ2) is 5.44. The van der Waals surface area contributed by atoms with E-state index in [0.717, 1.165) is 38.0 Å². The molecule has 4 rings (SSSR count). The van der Waals surface area contributed by atoms with Crippen molar-refractivity contribution in [2.45, 2.75) is 96.4 Å². The Bertz CT molecular complexity index is 505. The average molecular weight is 337 g/mol. The third kappa shape index (κ3) is 2.07. The Morgan fingerprint density at radius 1 is 0.917 bits per heavy atom. The standard InChI is InChI=1S/C21H36O3/c1-13(22)21(24)11-8-18-16-5-4-14-12-15(23)6-9-19(14,2)17(16)7-10-20(18,21)3/h13-18,22-24H,4-12H2,1-3H3/t13-,14+,15+,16-,17-,18-,19+,20+,21+/m1/s1. The molecule has 0 saturated heterocycles. The highest BCUT2D eigenvalue weighted by Gasteiger charge is 2.65. The van der Waals surface area contributed by atoms with Gasteiger partial charge in [0.2, 0.25) is 0 Å². The van der Waals surface area contributed by atoms with Crippen molar-refractivity contribution in [2.75, 3.05) is 0 Å². The summed E-state index contributed by atoms with van der Waals surface area (Å²) in [5, 5.41) is 31.7. The van der Waals surface area contributed by atoms with Crippen LogP contribution in [0.25, 0.3) is 0 Å². The summed E-state index contributed by atoms with van der Waals surface area (Å²) >= 11 is 0. The van der Waals surface area contributed by atoms with Crippen molar-refractivity contribution in [3.63, 3.8) is 0 Å². The maximum atomic E-state index is 11.3. The summed E-state index contributed by atoms with van der Waals surface area (Å²) in [7, 11) is 0. The molecule has 138 valence electrons. The lowest BCUT2D eigenvalue weighted by Crippen LogP contribution is -2.59. The first-order valence-electron chi connectivity index (χ1n) is 10.3. The van der Waals surface area contributed by atoms with Gasteiger partial charge in [0.05, 0.1) is 17.8 Å². The Balaban J connectivity index is 1.63. The second-order valence-electron chi connectivity index (χ2n) is 10.2. The van der Waals surface area contributed by atoms with Crippen molar-refractivity contribution >= 4 is 0 Å². The van der Waals surface area contributed by atoms with Crippen LogP contribution in [0.4, 0.5) is 0 Å². The summed E-state index contributed by atoms with van der Waals surface area (Å²) in [6.45, 7) is 6.53. The van der Waals surface area contributed by atoms with Crippen LogP contribution in [0.1, 0.15) is 78.6 Å². The van der Waals surface area contributed by atoms with E-state index in [1.807, 2.05) is 0 Å². The maximum absolute atomic E-state index is 11.3. The third-order valence-corrected chi connectivity index (χ3v) is 9.54. The van der Waals surface area contributed by atoms with E-state index in [1.54, 1.807) is 6.92 Å². The molecule has 24 heavy (non-hydrogen) atoms. The fourth-order valence-electron chi connectivity index (χ4n) is 7.97. The Kier molecular flexibility index (Phi) is 3.92. The molecule has 4 aliphatic rings. The van der Waals surface area contributed by atoms with Gasteiger partial charge in [0.25, 0.3) is 0 Å². The molecule has 4 aliphatic carbocycles. The molecule has 3 heteroatoms. The molecule has 0 radical (unpaired) electrons. The van der Waals surface area contributed by atoms with Gasteiger partial charge in [-0.05, 0) is 93.8 Å². The van der Waals surface area contributed by atoms with Crippen LogP contribution in [0.2, 0.25) is 0 Å². The zero-order valence-electron chi connectivity index (χ0n) is 15.7. The molecular formula is C21H36O3. The Morgan fingerprint density at radius 2 is 1.62 bits per heavy atom. The van der Waals surface area contributed by atoms with E-state index in [2.05, 4.69) is 13.8 Å². The van der Waals surface area contributed by atoms with E-state index >= 15 is 0 Å². The van der Waals surface area contributed by atoms with Crippen molar-refractivity contribution in [1.82, 2.24) is 0 Å². The maximum Gasteiger partial charge on any atom is 0.0958 e. The SMILES string of the molecule is C[C@@H](O)[C@@]1(O)CC[C@@H]2[C@@H]3CC[C@H]4C[C@@H](O)CC[C@]4(C)[C@@H]3CC[C@@]21C. The number of aliphatic hydroxyl groups is 3. The zero-order valence-corrected chi connectivity index (χ0v) is 15.7. The molecule has 0 amide bonds. The van der Waals surface area contributed by atoms with E-state index in [0.29, 0.717) is 23.2 Å². The lowest BCUT2D eigenvalue weighted by atomic mass is 9.44. The summed E-state index contributed by atoms with van der Waals surface area (Å²) < 4.78 is 0. The molecule has 3 nitrogen and oxygen atoms in total. The molecule has 9 atom stereocenters. The van der Waals surface area contributed by atoms with Crippen LogP contribution in [0, 0.1) is 34.5 Å². The third-order valence-electron chi connectivity index (χ3n) is 9.54. The normalized spacial score (nSPS) is 58.5. The van der Waals surface area contributed by atoms with Crippen molar-refractivity contribution in [3.05, 3.63) is 0 Å². The first-order chi connectivity index (χ1) is 11.2. The van der Waals surface area contributed by atoms with E-state index in [9.17, 15) is 15.3 Å². The highest BCUT2D eigenvalue weighted by molar-refractivity contribution is 5.15. The number of hydrogen-bond acceptors (Lipinski definition) is 3. The Labute approximate surface area is 146 Å². The van der Waals surface area contributed by atoms with E-state index < -0.39 is 11.7 Å². The number of rotatable bonds is 1. The summed E-state index contributed by atoms with van der Waals surface area (Å²) in [6.07, 6.45) is 8.99. The van der Waals surface area contributed by atoms with E-state index in [4.69, 9.17) is 0 Å². The first-order valence-corrected chi connectivity index (χ1v) is 10.3. The zero-order chi connectivity index (χ0) is 17.3. The predicted molar refractivity (Wildman–Crippen MR) is 94.4 cm³/mol. The summed E-state index contributed by atoms with van der Waals surface area (Å²) in [5.74, 6) is 2.69. The van der Waals surface area contributed by atoms with Crippen molar-refractivity contribution < 1.29 is 15.3 Å². The van der Waals surface area contributed by atoms with E-state index in [1.165, 1.54) is 25.7 Å². The van der Waals surface area contributed by atoms with Gasteiger partial charge in [-0.15, -0.1) is 0 Å². The molecular weight excluding hydrogens is 300 g/mol. The van der Waals surface area contributed by atoms with Gasteiger partial charge in [0.1, 0.15) is 0 Å². The van der Waals surface area contributed by atoms with Crippen LogP contribution in [0.15, 0.2) is 0 Å². The Hall–Kier alpha value is -0.120. The summed E-state index contributed by atoms with van der Waals surface area (Å²) in [6, 6.07) is 0. The molecule has 4 fully saturated rings. The molecule has 3 N–H and O–H groups in total. The minimum absolute atomic E-state index is 0.0831. The molecule has 4 saturated carbocycles. The highest BCUT2D eigenvalue weighted by Crippen LogP contribution is 2.68. The number of fused-ring (bicyclic) bond motifs is 5. The van der Waals surface area contributed by atoms with Gasteiger partial charge in [-0.1, -0.05) is 13.8 Å². The van der Waals surface area contributed by atoms with Crippen LogP contribution < -0.4 is 0 Å². The van der Waals surface area contributed by atoms with Gasteiger partial charge < -0.3 is 15.3 Å². The fourth-order valence-corrected chi connectivity index (χ4v) is 7.97. The van der Waals surface area contributed by atoms with Crippen molar-refractivity contribution in [2.24, 2.45) is 34.5 Å². The monoisotopic (exact) mass is 336 g/mol. The molecule has 0 aliphatic heterocycles. The summed E-state index contributed by atoms with van der Waals surface area (Å²) in [5.41, 5.74) is -0.641. The molecule has 0 bridgehead atoms. The van der Waals surface area contributed by atoms with Crippen LogP contribution >= 0.6 is 0 Å². The lowest BCUT2D eigenvalue weighted by molar-refractivity contribution is -0.186. The van der Waals surface area contributed by atoms with Crippen LogP contribution in [-0.2, 0) is 0 Å². The quantitative estimate of drug-likeness (QED) is 0.687. The first kappa shape index (κ1) is 17.3. The van der Waals surface area contributed by atoms with Gasteiger partial charge in [0.15, 0.2) is 0 Å². The summed E-state index contributed by atoms with van der Waals surface area (Å²) in [4.78, 5) is 0.